The summed E-state index contributed by atoms with van der Waals surface area (Å²) < 4.78 is 0. The van der Waals surface area contributed by atoms with Crippen LogP contribution in [0.15, 0.2) is 127 Å². The molecule has 4 aromatic carbocycles. The summed E-state index contributed by atoms with van der Waals surface area (Å²) in [4.78, 5) is 17.3. The molecule has 39 heavy (non-hydrogen) atoms. The first-order valence-corrected chi connectivity index (χ1v) is 14.0. The summed E-state index contributed by atoms with van der Waals surface area (Å²) in [7, 11) is 2.19. The van der Waals surface area contributed by atoms with Gasteiger partial charge < -0.3 is 4.90 Å². The summed E-state index contributed by atoms with van der Waals surface area (Å²) in [6.45, 7) is 4.64. The largest absolute Gasteiger partial charge is 0.363 e. The molecule has 1 aliphatic carbocycles. The summed E-state index contributed by atoms with van der Waals surface area (Å²) in [5.41, 5.74) is 6.87. The Bertz CT molecular complexity index is 1550. The number of allylic oxidation sites excluding steroid dienone is 2. The van der Waals surface area contributed by atoms with Gasteiger partial charge in [0.1, 0.15) is 0 Å². The van der Waals surface area contributed by atoms with Crippen LogP contribution in [0.1, 0.15) is 53.7 Å². The van der Waals surface area contributed by atoms with E-state index in [2.05, 4.69) is 117 Å². The Morgan fingerprint density at radius 1 is 0.769 bits per heavy atom. The molecule has 2 aliphatic rings. The number of nitrogens with zero attached hydrogens (tertiary/aromatic N) is 1. The number of ketones is 1. The fourth-order valence-corrected chi connectivity index (χ4v) is 7.26. The second-order valence-corrected chi connectivity index (χ2v) is 11.1. The van der Waals surface area contributed by atoms with Crippen molar-refractivity contribution >= 4 is 22.6 Å². The van der Waals surface area contributed by atoms with Crippen LogP contribution in [0.5, 0.6) is 0 Å². The second-order valence-electron chi connectivity index (χ2n) is 11.1. The number of carbonyl (C=O) groups excluding carboxylic acids is 1. The van der Waals surface area contributed by atoms with Crippen molar-refractivity contribution in [2.45, 2.75) is 37.6 Å². The van der Waals surface area contributed by atoms with Crippen molar-refractivity contribution in [2.75, 3.05) is 11.9 Å². The first-order chi connectivity index (χ1) is 19.0. The molecule has 1 aliphatic heterocycles. The van der Waals surface area contributed by atoms with E-state index in [9.17, 15) is 4.79 Å². The molecule has 2 nitrogen and oxygen atoms in total. The van der Waals surface area contributed by atoms with Crippen LogP contribution >= 0.6 is 0 Å². The average Bonchev–Trinajstić information content (AvgIpc) is 3.17. The van der Waals surface area contributed by atoms with Crippen LogP contribution in [0.25, 0.3) is 11.1 Å². The Morgan fingerprint density at radius 3 is 1.97 bits per heavy atom. The van der Waals surface area contributed by atoms with Gasteiger partial charge in [0, 0.05) is 23.7 Å². The van der Waals surface area contributed by atoms with Crippen LogP contribution in [0.3, 0.4) is 0 Å². The zero-order valence-electron chi connectivity index (χ0n) is 23.0. The lowest BCUT2D eigenvalue weighted by Crippen LogP contribution is -2.62. The van der Waals surface area contributed by atoms with E-state index in [4.69, 9.17) is 0 Å². The van der Waals surface area contributed by atoms with Crippen molar-refractivity contribution < 1.29 is 4.79 Å². The summed E-state index contributed by atoms with van der Waals surface area (Å²) in [6.07, 6.45) is 6.68. The first kappa shape index (κ1) is 25.1. The van der Waals surface area contributed by atoms with Crippen LogP contribution in [0.4, 0.5) is 5.69 Å². The molecule has 0 fully saturated rings. The molecule has 2 heteroatoms. The molecule has 0 saturated carbocycles. The third-order valence-electron chi connectivity index (χ3n) is 9.02. The minimum absolute atomic E-state index is 0.163. The van der Waals surface area contributed by atoms with Crippen molar-refractivity contribution in [2.24, 2.45) is 5.92 Å². The maximum absolute atomic E-state index is 14.9. The van der Waals surface area contributed by atoms with Gasteiger partial charge in [-0.15, -0.1) is 0 Å². The average molecular weight is 510 g/mol. The Labute approximate surface area is 232 Å². The Morgan fingerprint density at radius 2 is 1.33 bits per heavy atom. The van der Waals surface area contributed by atoms with Gasteiger partial charge in [0.25, 0.3) is 0 Å². The quantitative estimate of drug-likeness (QED) is 0.243. The monoisotopic (exact) mass is 509 g/mol. The summed E-state index contributed by atoms with van der Waals surface area (Å²) in [5.74, 6) is -0.236. The van der Waals surface area contributed by atoms with Crippen molar-refractivity contribution in [1.82, 2.24) is 0 Å². The molecule has 1 heterocycles. The molecule has 0 radical (unpaired) electrons. The van der Waals surface area contributed by atoms with E-state index < -0.39 is 11.5 Å². The van der Waals surface area contributed by atoms with Gasteiger partial charge >= 0.3 is 0 Å². The van der Waals surface area contributed by atoms with E-state index in [0.717, 1.165) is 35.1 Å². The highest BCUT2D eigenvalue weighted by atomic mass is 16.1. The van der Waals surface area contributed by atoms with Crippen LogP contribution in [-0.4, -0.2) is 18.4 Å². The highest BCUT2D eigenvalue weighted by molar-refractivity contribution is 6.10. The SMILES string of the molecule is CCCC1(C)c2ccccc2N(C)C12C=C(c1ccccc1)C=C(c1ccccc1)C2C(=O)c1ccccc1. The maximum Gasteiger partial charge on any atom is 0.173 e. The number of para-hydroxylation sites is 1. The normalized spacial score (nSPS) is 23.8. The third-order valence-corrected chi connectivity index (χ3v) is 9.02. The number of fused-ring (bicyclic) bond motifs is 1. The lowest BCUT2D eigenvalue weighted by atomic mass is 9.55. The highest BCUT2D eigenvalue weighted by Gasteiger charge is 2.63. The van der Waals surface area contributed by atoms with Gasteiger partial charge in [0.05, 0.1) is 11.5 Å². The van der Waals surface area contributed by atoms with E-state index in [-0.39, 0.29) is 11.2 Å². The standard InChI is InChI=1S/C37H35NO/c1-4-24-36(2)32-22-14-15-23-33(32)38(3)37(36)26-30(27-16-8-5-9-17-27)25-31(28-18-10-6-11-19-28)34(37)35(39)29-20-12-7-13-21-29/h5-23,25-26,34H,4,24H2,1-3H3. The zero-order valence-corrected chi connectivity index (χ0v) is 23.0. The van der Waals surface area contributed by atoms with Crippen molar-refractivity contribution in [3.05, 3.63) is 150 Å². The molecule has 3 unspecified atom stereocenters. The van der Waals surface area contributed by atoms with E-state index in [1.165, 1.54) is 16.8 Å². The minimum Gasteiger partial charge on any atom is -0.363 e. The lowest BCUT2D eigenvalue weighted by Gasteiger charge is -2.53. The number of Topliss-reactive ketones (excluding diaryl/α,β-unsaturated/α-hetero) is 1. The molecule has 6 rings (SSSR count). The molecule has 0 N–H and O–H groups in total. The van der Waals surface area contributed by atoms with E-state index in [1.807, 2.05) is 36.4 Å². The number of rotatable bonds is 6. The van der Waals surface area contributed by atoms with E-state index in [1.54, 1.807) is 0 Å². The summed E-state index contributed by atoms with van der Waals surface area (Å²) in [5, 5.41) is 0. The molecular formula is C37H35NO. The van der Waals surface area contributed by atoms with Gasteiger partial charge in [-0.2, -0.15) is 0 Å². The first-order valence-electron chi connectivity index (χ1n) is 14.0. The zero-order chi connectivity index (χ0) is 27.0. The fourth-order valence-electron chi connectivity index (χ4n) is 7.26. The molecule has 3 atom stereocenters. The fraction of sp³-hybridized carbons (Fsp3) is 0.216. The van der Waals surface area contributed by atoms with Crippen LogP contribution < -0.4 is 4.90 Å². The lowest BCUT2D eigenvalue weighted by molar-refractivity contribution is 0.0874. The Kier molecular flexibility index (Phi) is 6.35. The van der Waals surface area contributed by atoms with Crippen molar-refractivity contribution in [1.29, 1.82) is 0 Å². The van der Waals surface area contributed by atoms with E-state index in [0.29, 0.717) is 0 Å². The predicted octanol–water partition coefficient (Wildman–Crippen LogP) is 8.61. The van der Waals surface area contributed by atoms with Gasteiger partial charge in [-0.1, -0.05) is 129 Å². The topological polar surface area (TPSA) is 20.3 Å². The smallest absolute Gasteiger partial charge is 0.173 e. The predicted molar refractivity (Wildman–Crippen MR) is 163 cm³/mol. The summed E-state index contributed by atoms with van der Waals surface area (Å²) in [6, 6.07) is 39.7. The van der Waals surface area contributed by atoms with Crippen molar-refractivity contribution in [3.63, 3.8) is 0 Å². The van der Waals surface area contributed by atoms with E-state index >= 15 is 0 Å². The van der Waals surface area contributed by atoms with Gasteiger partial charge in [-0.25, -0.2) is 0 Å². The Hall–Kier alpha value is -4.17. The second kappa shape index (κ2) is 9.85. The number of likely N-dealkylation sites (N-methyl/N-ethyl adjacent to an activating group) is 1. The maximum atomic E-state index is 14.9. The number of carbonyl (C=O) groups is 1. The van der Waals surface area contributed by atoms with Gasteiger partial charge in [0.15, 0.2) is 5.78 Å². The number of anilines is 1. The van der Waals surface area contributed by atoms with Crippen LogP contribution in [0, 0.1) is 5.92 Å². The molecule has 0 amide bonds. The molecule has 194 valence electrons. The van der Waals surface area contributed by atoms with Gasteiger partial charge in [-0.3, -0.25) is 4.79 Å². The number of benzene rings is 4. The molecule has 0 aromatic heterocycles. The molecule has 4 aromatic rings. The van der Waals surface area contributed by atoms with Gasteiger partial charge in [-0.05, 0) is 52.5 Å². The number of hydrogen-bond acceptors (Lipinski definition) is 2. The molecule has 1 spiro atoms. The highest BCUT2D eigenvalue weighted by Crippen LogP contribution is 2.62. The minimum atomic E-state index is -0.606. The van der Waals surface area contributed by atoms with Gasteiger partial charge in [0.2, 0.25) is 0 Å². The molecule has 0 bridgehead atoms. The molecular weight excluding hydrogens is 474 g/mol. The Balaban J connectivity index is 1.71. The van der Waals surface area contributed by atoms with Crippen molar-refractivity contribution in [3.8, 4) is 0 Å². The molecule has 0 saturated heterocycles. The van der Waals surface area contributed by atoms with Crippen LogP contribution in [-0.2, 0) is 5.41 Å². The summed E-state index contributed by atoms with van der Waals surface area (Å²) >= 11 is 0. The van der Waals surface area contributed by atoms with Crippen LogP contribution in [0.2, 0.25) is 0 Å². The third kappa shape index (κ3) is 3.81. The number of hydrogen-bond donors (Lipinski definition) is 0.